The Kier molecular flexibility index (Phi) is 3.78. The van der Waals surface area contributed by atoms with Gasteiger partial charge in [0.25, 0.3) is 0 Å². The van der Waals surface area contributed by atoms with Crippen molar-refractivity contribution in [3.63, 3.8) is 0 Å². The molecule has 3 rings (SSSR count). The van der Waals surface area contributed by atoms with Crippen LogP contribution in [-0.4, -0.2) is 29.7 Å². The third-order valence-electron chi connectivity index (χ3n) is 3.37. The van der Waals surface area contributed by atoms with Crippen molar-refractivity contribution < 1.29 is 14.3 Å². The lowest BCUT2D eigenvalue weighted by Gasteiger charge is -2.06. The third kappa shape index (κ3) is 2.53. The Balaban J connectivity index is 2.12. The summed E-state index contributed by atoms with van der Waals surface area (Å²) in [5.74, 6) is 0.396. The molecule has 0 saturated carbocycles. The van der Waals surface area contributed by atoms with Crippen LogP contribution >= 0.6 is 0 Å². The van der Waals surface area contributed by atoms with Gasteiger partial charge in [0.1, 0.15) is 11.4 Å². The molecule has 0 amide bonds. The number of carbonyl (C=O) groups is 1. The molecular formula is C17H16N2O3. The van der Waals surface area contributed by atoms with Gasteiger partial charge in [0.05, 0.1) is 19.4 Å². The fourth-order valence-corrected chi connectivity index (χ4v) is 2.40. The average molecular weight is 296 g/mol. The van der Waals surface area contributed by atoms with Gasteiger partial charge in [-0.15, -0.1) is 0 Å². The molecule has 2 aromatic heterocycles. The fraction of sp³-hybridized carbons (Fsp3) is 0.176. The van der Waals surface area contributed by atoms with Crippen LogP contribution in [0, 0.1) is 0 Å². The number of hydrogen-bond donors (Lipinski definition) is 1. The predicted octanol–water partition coefficient (Wildman–Crippen LogP) is 3.42. The highest BCUT2D eigenvalue weighted by atomic mass is 16.5. The molecule has 0 unspecified atom stereocenters. The normalized spacial score (nSPS) is 10.6. The molecule has 0 saturated heterocycles. The van der Waals surface area contributed by atoms with Gasteiger partial charge in [-0.05, 0) is 31.2 Å². The summed E-state index contributed by atoms with van der Waals surface area (Å²) in [5, 5.41) is 0.872. The van der Waals surface area contributed by atoms with Crippen LogP contribution in [0.3, 0.4) is 0 Å². The highest BCUT2D eigenvalue weighted by Gasteiger charge is 2.13. The van der Waals surface area contributed by atoms with Crippen LogP contribution < -0.4 is 4.74 Å². The Labute approximate surface area is 127 Å². The zero-order valence-electron chi connectivity index (χ0n) is 12.4. The van der Waals surface area contributed by atoms with Gasteiger partial charge < -0.3 is 14.5 Å². The van der Waals surface area contributed by atoms with Crippen molar-refractivity contribution in [3.8, 4) is 17.0 Å². The largest absolute Gasteiger partial charge is 0.494 e. The fourth-order valence-electron chi connectivity index (χ4n) is 2.40. The van der Waals surface area contributed by atoms with Crippen LogP contribution in [0.25, 0.3) is 22.2 Å². The van der Waals surface area contributed by atoms with Gasteiger partial charge >= 0.3 is 5.97 Å². The van der Waals surface area contributed by atoms with E-state index in [1.165, 1.54) is 7.11 Å². The number of esters is 1. The van der Waals surface area contributed by atoms with E-state index in [1.807, 2.05) is 37.3 Å². The first-order valence-electron chi connectivity index (χ1n) is 7.02. The molecule has 0 aliphatic carbocycles. The lowest BCUT2D eigenvalue weighted by Crippen LogP contribution is -2.00. The zero-order valence-corrected chi connectivity index (χ0v) is 12.4. The maximum Gasteiger partial charge on any atom is 0.354 e. The molecule has 112 valence electrons. The summed E-state index contributed by atoms with van der Waals surface area (Å²) in [5.41, 5.74) is 2.98. The van der Waals surface area contributed by atoms with E-state index in [2.05, 4.69) is 9.97 Å². The highest BCUT2D eigenvalue weighted by molar-refractivity contribution is 6.00. The number of methoxy groups -OCH3 is 1. The predicted molar refractivity (Wildman–Crippen MR) is 84.0 cm³/mol. The zero-order chi connectivity index (χ0) is 15.5. The standard InChI is InChI=1S/C17H16N2O3/c1-3-22-12-6-4-5-11(9-12)16-13-10-15(17(20)21-2)19-14(13)7-8-18-16/h4-10,19H,3H2,1-2H3. The second-order valence-corrected chi connectivity index (χ2v) is 4.76. The van der Waals surface area contributed by atoms with Crippen LogP contribution in [0.2, 0.25) is 0 Å². The number of hydrogen-bond acceptors (Lipinski definition) is 4. The summed E-state index contributed by atoms with van der Waals surface area (Å²) in [4.78, 5) is 19.2. The summed E-state index contributed by atoms with van der Waals surface area (Å²) in [7, 11) is 1.36. The van der Waals surface area contributed by atoms with Crippen molar-refractivity contribution in [1.82, 2.24) is 9.97 Å². The molecule has 0 radical (unpaired) electrons. The molecular weight excluding hydrogens is 280 g/mol. The highest BCUT2D eigenvalue weighted by Crippen LogP contribution is 2.29. The molecule has 0 atom stereocenters. The first kappa shape index (κ1) is 14.1. The van der Waals surface area contributed by atoms with Crippen molar-refractivity contribution in [3.05, 3.63) is 48.3 Å². The van der Waals surface area contributed by atoms with E-state index in [-0.39, 0.29) is 0 Å². The van der Waals surface area contributed by atoms with Crippen molar-refractivity contribution in [2.45, 2.75) is 6.92 Å². The minimum absolute atomic E-state index is 0.398. The Morgan fingerprint density at radius 3 is 2.91 bits per heavy atom. The Morgan fingerprint density at radius 2 is 2.14 bits per heavy atom. The molecule has 0 bridgehead atoms. The van der Waals surface area contributed by atoms with E-state index < -0.39 is 5.97 Å². The molecule has 5 nitrogen and oxygen atoms in total. The summed E-state index contributed by atoms with van der Waals surface area (Å²) in [6, 6.07) is 11.3. The van der Waals surface area contributed by atoms with E-state index in [0.29, 0.717) is 12.3 Å². The average Bonchev–Trinajstić information content (AvgIpc) is 2.98. The number of ether oxygens (including phenoxy) is 2. The van der Waals surface area contributed by atoms with Gasteiger partial charge in [0.2, 0.25) is 0 Å². The third-order valence-corrected chi connectivity index (χ3v) is 3.37. The molecule has 0 spiro atoms. The topological polar surface area (TPSA) is 64.2 Å². The maximum atomic E-state index is 11.7. The van der Waals surface area contributed by atoms with Crippen molar-refractivity contribution in [2.75, 3.05) is 13.7 Å². The lowest BCUT2D eigenvalue weighted by molar-refractivity contribution is 0.0595. The van der Waals surface area contributed by atoms with E-state index in [9.17, 15) is 4.79 Å². The second kappa shape index (κ2) is 5.89. The summed E-state index contributed by atoms with van der Waals surface area (Å²) in [6.07, 6.45) is 1.71. The molecule has 5 heteroatoms. The number of benzene rings is 1. The number of fused-ring (bicyclic) bond motifs is 1. The van der Waals surface area contributed by atoms with Gasteiger partial charge in [-0.25, -0.2) is 4.79 Å². The molecule has 0 fully saturated rings. The van der Waals surface area contributed by atoms with E-state index in [4.69, 9.17) is 9.47 Å². The number of aromatic amines is 1. The molecule has 0 aliphatic rings. The SMILES string of the molecule is CCOc1cccc(-c2nccc3[nH]c(C(=O)OC)cc23)c1. The first-order valence-corrected chi connectivity index (χ1v) is 7.02. The van der Waals surface area contributed by atoms with E-state index in [1.54, 1.807) is 12.3 Å². The monoisotopic (exact) mass is 296 g/mol. The van der Waals surface area contributed by atoms with Gasteiger partial charge in [0.15, 0.2) is 0 Å². The number of pyridine rings is 1. The van der Waals surface area contributed by atoms with Gasteiger partial charge in [-0.2, -0.15) is 0 Å². The van der Waals surface area contributed by atoms with Crippen LogP contribution in [-0.2, 0) is 4.74 Å². The number of aromatic nitrogens is 2. The minimum atomic E-state index is -0.398. The Bertz CT molecular complexity index is 824. The number of rotatable bonds is 4. The van der Waals surface area contributed by atoms with Crippen LogP contribution in [0.5, 0.6) is 5.75 Å². The van der Waals surface area contributed by atoms with Crippen LogP contribution in [0.1, 0.15) is 17.4 Å². The number of carbonyl (C=O) groups excluding carboxylic acids is 1. The smallest absolute Gasteiger partial charge is 0.354 e. The van der Waals surface area contributed by atoms with Crippen molar-refractivity contribution >= 4 is 16.9 Å². The summed E-state index contributed by atoms with van der Waals surface area (Å²) < 4.78 is 10.3. The molecule has 22 heavy (non-hydrogen) atoms. The van der Waals surface area contributed by atoms with Crippen LogP contribution in [0.15, 0.2) is 42.6 Å². The van der Waals surface area contributed by atoms with Gasteiger partial charge in [-0.1, -0.05) is 12.1 Å². The van der Waals surface area contributed by atoms with Gasteiger partial charge in [-0.3, -0.25) is 4.98 Å². The molecule has 3 aromatic rings. The molecule has 1 aromatic carbocycles. The molecule has 2 heterocycles. The minimum Gasteiger partial charge on any atom is -0.494 e. The van der Waals surface area contributed by atoms with Gasteiger partial charge in [0, 0.05) is 22.7 Å². The Hall–Kier alpha value is -2.82. The van der Waals surface area contributed by atoms with Crippen molar-refractivity contribution in [2.24, 2.45) is 0 Å². The van der Waals surface area contributed by atoms with E-state index >= 15 is 0 Å². The summed E-state index contributed by atoms with van der Waals surface area (Å²) in [6.45, 7) is 2.55. The lowest BCUT2D eigenvalue weighted by atomic mass is 10.1. The number of nitrogens with one attached hydrogen (secondary N) is 1. The van der Waals surface area contributed by atoms with Crippen LogP contribution in [0.4, 0.5) is 0 Å². The number of H-pyrrole nitrogens is 1. The second-order valence-electron chi connectivity index (χ2n) is 4.76. The maximum absolute atomic E-state index is 11.7. The first-order chi connectivity index (χ1) is 10.7. The molecule has 0 aliphatic heterocycles. The number of nitrogens with zero attached hydrogens (tertiary/aromatic N) is 1. The quantitative estimate of drug-likeness (QED) is 0.749. The Morgan fingerprint density at radius 1 is 1.27 bits per heavy atom. The van der Waals surface area contributed by atoms with Crippen molar-refractivity contribution in [1.29, 1.82) is 0 Å². The molecule has 1 N–H and O–H groups in total. The van der Waals surface area contributed by atoms with E-state index in [0.717, 1.165) is 27.9 Å². The summed E-state index contributed by atoms with van der Waals surface area (Å²) >= 11 is 0.